The number of para-hydroxylation sites is 3. The first-order valence-electron chi connectivity index (χ1n) is 7.39. The lowest BCUT2D eigenvalue weighted by Crippen LogP contribution is -2.24. The maximum Gasteiger partial charge on any atom is 0.310 e. The highest BCUT2D eigenvalue weighted by Gasteiger charge is 2.14. The zero-order valence-electron chi connectivity index (χ0n) is 13.0. The molecule has 0 spiro atoms. The van der Waals surface area contributed by atoms with Crippen molar-refractivity contribution >= 4 is 28.7 Å². The Morgan fingerprint density at radius 3 is 2.84 bits per heavy atom. The first kappa shape index (κ1) is 16.2. The number of amides is 1. The maximum absolute atomic E-state index is 11.8. The molecule has 25 heavy (non-hydrogen) atoms. The highest BCUT2D eigenvalue weighted by molar-refractivity contribution is 5.99. The quantitative estimate of drug-likeness (QED) is 0.409. The molecule has 1 heterocycles. The number of rotatable bonds is 6. The third-order valence-corrected chi connectivity index (χ3v) is 3.43. The fourth-order valence-electron chi connectivity index (χ4n) is 2.28. The van der Waals surface area contributed by atoms with Crippen molar-refractivity contribution in [3.8, 4) is 5.75 Å². The average molecular weight is 338 g/mol. The molecule has 0 bridgehead atoms. The number of carbonyl (C=O) groups is 1. The first-order chi connectivity index (χ1) is 12.1. The lowest BCUT2D eigenvalue weighted by molar-refractivity contribution is -0.385. The fraction of sp³-hybridized carbons (Fsp3) is 0.0588. The van der Waals surface area contributed by atoms with Crippen LogP contribution in [0.1, 0.15) is 5.56 Å². The molecule has 0 fully saturated rings. The maximum atomic E-state index is 11.8. The number of benzene rings is 2. The topological polar surface area (TPSA) is 110 Å². The van der Waals surface area contributed by atoms with Crippen LogP contribution >= 0.6 is 0 Å². The van der Waals surface area contributed by atoms with Gasteiger partial charge in [0.05, 0.1) is 11.1 Å². The van der Waals surface area contributed by atoms with E-state index in [1.54, 1.807) is 12.3 Å². The number of aromatic nitrogens is 1. The van der Waals surface area contributed by atoms with Crippen LogP contribution < -0.4 is 10.2 Å². The van der Waals surface area contributed by atoms with Crippen LogP contribution in [0, 0.1) is 10.1 Å². The number of nitro benzene ring substituents is 1. The van der Waals surface area contributed by atoms with Crippen LogP contribution in [0.15, 0.2) is 59.8 Å². The number of hydrogen-bond donors (Lipinski definition) is 2. The summed E-state index contributed by atoms with van der Waals surface area (Å²) in [6, 6.07) is 13.6. The molecule has 0 atom stereocenters. The largest absolute Gasteiger partial charge is 0.477 e. The van der Waals surface area contributed by atoms with Crippen LogP contribution in [0.4, 0.5) is 5.69 Å². The van der Waals surface area contributed by atoms with E-state index in [0.717, 1.165) is 16.5 Å². The number of hydrogen-bond acceptors (Lipinski definition) is 5. The van der Waals surface area contributed by atoms with Crippen LogP contribution in [0.3, 0.4) is 0 Å². The third kappa shape index (κ3) is 3.81. The van der Waals surface area contributed by atoms with Gasteiger partial charge in [0.1, 0.15) is 0 Å². The smallest absolute Gasteiger partial charge is 0.310 e. The van der Waals surface area contributed by atoms with Crippen LogP contribution in [-0.4, -0.2) is 28.6 Å². The predicted molar refractivity (Wildman–Crippen MR) is 92.6 cm³/mol. The summed E-state index contributed by atoms with van der Waals surface area (Å²) in [5, 5.41) is 15.7. The van der Waals surface area contributed by atoms with Gasteiger partial charge in [-0.05, 0) is 12.1 Å². The van der Waals surface area contributed by atoms with Gasteiger partial charge in [-0.15, -0.1) is 0 Å². The number of fused-ring (bicyclic) bond motifs is 1. The highest BCUT2D eigenvalue weighted by Crippen LogP contribution is 2.25. The van der Waals surface area contributed by atoms with Crippen LogP contribution in [0.25, 0.3) is 10.9 Å². The van der Waals surface area contributed by atoms with E-state index in [1.165, 1.54) is 24.4 Å². The summed E-state index contributed by atoms with van der Waals surface area (Å²) < 4.78 is 5.18. The molecule has 1 amide bonds. The van der Waals surface area contributed by atoms with E-state index in [2.05, 4.69) is 15.5 Å². The molecule has 3 rings (SSSR count). The third-order valence-electron chi connectivity index (χ3n) is 3.43. The molecular formula is C17H14N4O4. The molecule has 126 valence electrons. The van der Waals surface area contributed by atoms with Crippen molar-refractivity contribution in [1.29, 1.82) is 0 Å². The number of aromatic amines is 1. The molecule has 0 aliphatic heterocycles. The molecule has 2 aromatic carbocycles. The molecule has 0 aliphatic carbocycles. The van der Waals surface area contributed by atoms with Crippen LogP contribution in [-0.2, 0) is 4.79 Å². The van der Waals surface area contributed by atoms with Crippen molar-refractivity contribution in [2.24, 2.45) is 5.10 Å². The Kier molecular flexibility index (Phi) is 4.70. The number of nitrogens with zero attached hydrogens (tertiary/aromatic N) is 2. The number of nitro groups is 1. The zero-order chi connectivity index (χ0) is 17.6. The summed E-state index contributed by atoms with van der Waals surface area (Å²) in [6.07, 6.45) is 3.30. The normalized spacial score (nSPS) is 10.9. The minimum atomic E-state index is -0.567. The number of hydrazone groups is 1. The van der Waals surface area contributed by atoms with Crippen molar-refractivity contribution in [3.63, 3.8) is 0 Å². The van der Waals surface area contributed by atoms with Gasteiger partial charge in [0.25, 0.3) is 5.91 Å². The second-order valence-electron chi connectivity index (χ2n) is 5.10. The number of H-pyrrole nitrogens is 1. The predicted octanol–water partition coefficient (Wildman–Crippen LogP) is 2.61. The van der Waals surface area contributed by atoms with E-state index in [0.29, 0.717) is 0 Å². The van der Waals surface area contributed by atoms with Gasteiger partial charge in [0, 0.05) is 28.7 Å². The summed E-state index contributed by atoms with van der Waals surface area (Å²) in [5.41, 5.74) is 3.93. The number of ether oxygens (including phenoxy) is 1. The van der Waals surface area contributed by atoms with E-state index in [9.17, 15) is 14.9 Å². The van der Waals surface area contributed by atoms with E-state index >= 15 is 0 Å². The van der Waals surface area contributed by atoms with Gasteiger partial charge in [-0.1, -0.05) is 30.3 Å². The van der Waals surface area contributed by atoms with Crippen LogP contribution in [0.5, 0.6) is 5.75 Å². The number of carbonyl (C=O) groups excluding carboxylic acids is 1. The van der Waals surface area contributed by atoms with E-state index in [1.807, 2.05) is 24.3 Å². The summed E-state index contributed by atoms with van der Waals surface area (Å²) in [5.74, 6) is -0.488. The highest BCUT2D eigenvalue weighted by atomic mass is 16.6. The molecule has 8 nitrogen and oxygen atoms in total. The minimum absolute atomic E-state index is 0.0308. The van der Waals surface area contributed by atoms with Gasteiger partial charge in [-0.3, -0.25) is 14.9 Å². The molecule has 8 heteroatoms. The van der Waals surface area contributed by atoms with Crippen molar-refractivity contribution in [3.05, 3.63) is 70.4 Å². The van der Waals surface area contributed by atoms with Crippen molar-refractivity contribution in [1.82, 2.24) is 10.4 Å². The van der Waals surface area contributed by atoms with Crippen LogP contribution in [0.2, 0.25) is 0 Å². The lowest BCUT2D eigenvalue weighted by Gasteiger charge is -2.05. The van der Waals surface area contributed by atoms with Gasteiger partial charge in [0.15, 0.2) is 12.4 Å². The summed E-state index contributed by atoms with van der Waals surface area (Å²) in [4.78, 5) is 25.2. The molecule has 0 saturated carbocycles. The molecule has 0 saturated heterocycles. The van der Waals surface area contributed by atoms with Crippen molar-refractivity contribution < 1.29 is 14.5 Å². The standard InChI is InChI=1S/C17H14N4O4/c22-17(11-25-16-8-4-3-7-15(16)21(23)24)20-19-10-12-9-18-14-6-2-1-5-13(12)14/h1-10,18H,11H2,(H,20,22)/b19-10+. The van der Waals surface area contributed by atoms with E-state index in [-0.39, 0.29) is 18.0 Å². The number of nitrogens with one attached hydrogen (secondary N) is 2. The average Bonchev–Trinajstić information content (AvgIpc) is 3.03. The summed E-state index contributed by atoms with van der Waals surface area (Å²) in [6.45, 7) is -0.379. The zero-order valence-corrected chi connectivity index (χ0v) is 13.0. The monoisotopic (exact) mass is 338 g/mol. The molecule has 1 aromatic heterocycles. The van der Waals surface area contributed by atoms with Gasteiger partial charge in [-0.25, -0.2) is 5.43 Å². The van der Waals surface area contributed by atoms with Gasteiger partial charge >= 0.3 is 5.69 Å². The molecule has 3 aromatic rings. The SMILES string of the molecule is O=C(COc1ccccc1[N+](=O)[O-])N/N=C/c1c[nH]c2ccccc12. The summed E-state index contributed by atoms with van der Waals surface area (Å²) >= 11 is 0. The molecule has 0 unspecified atom stereocenters. The fourth-order valence-corrected chi connectivity index (χ4v) is 2.28. The Bertz CT molecular complexity index is 948. The minimum Gasteiger partial charge on any atom is -0.477 e. The summed E-state index contributed by atoms with van der Waals surface area (Å²) in [7, 11) is 0. The Morgan fingerprint density at radius 1 is 1.24 bits per heavy atom. The lowest BCUT2D eigenvalue weighted by atomic mass is 10.2. The first-order valence-corrected chi connectivity index (χ1v) is 7.39. The molecule has 2 N–H and O–H groups in total. The Balaban J connectivity index is 1.57. The molecule has 0 aliphatic rings. The Hall–Kier alpha value is -3.68. The van der Waals surface area contributed by atoms with Gasteiger partial charge < -0.3 is 9.72 Å². The van der Waals surface area contributed by atoms with Crippen molar-refractivity contribution in [2.45, 2.75) is 0 Å². The van der Waals surface area contributed by atoms with Gasteiger partial charge in [-0.2, -0.15) is 5.10 Å². The molecular weight excluding hydrogens is 324 g/mol. The molecule has 0 radical (unpaired) electrons. The van der Waals surface area contributed by atoms with E-state index in [4.69, 9.17) is 4.74 Å². The van der Waals surface area contributed by atoms with Gasteiger partial charge in [0.2, 0.25) is 0 Å². The second kappa shape index (κ2) is 7.26. The Morgan fingerprint density at radius 2 is 2.00 bits per heavy atom. The second-order valence-corrected chi connectivity index (χ2v) is 5.10. The van der Waals surface area contributed by atoms with Crippen molar-refractivity contribution in [2.75, 3.05) is 6.61 Å². The van der Waals surface area contributed by atoms with E-state index < -0.39 is 10.8 Å². The Labute approximate surface area is 142 Å².